The molecule has 0 fully saturated rings. The van der Waals surface area contributed by atoms with Crippen LogP contribution < -0.4 is 11.1 Å². The molecule has 1 aromatic heterocycles. The van der Waals surface area contributed by atoms with Gasteiger partial charge in [0.1, 0.15) is 0 Å². The van der Waals surface area contributed by atoms with E-state index < -0.39 is 10.5 Å². The first kappa shape index (κ1) is 14.2. The van der Waals surface area contributed by atoms with Crippen LogP contribution in [0.25, 0.3) is 0 Å². The Balaban J connectivity index is 2.84. The summed E-state index contributed by atoms with van der Waals surface area (Å²) in [7, 11) is 0. The Morgan fingerprint density at radius 1 is 1.50 bits per heavy atom. The van der Waals surface area contributed by atoms with Crippen LogP contribution in [0.15, 0.2) is 12.1 Å². The summed E-state index contributed by atoms with van der Waals surface area (Å²) < 4.78 is 0. The lowest BCUT2D eigenvalue weighted by molar-refractivity contribution is -0.389. The molecule has 0 atom stereocenters. The van der Waals surface area contributed by atoms with Crippen LogP contribution >= 0.6 is 0 Å². The van der Waals surface area contributed by atoms with Gasteiger partial charge in [-0.05, 0) is 23.8 Å². The van der Waals surface area contributed by atoms with Gasteiger partial charge in [-0.1, -0.05) is 13.8 Å². The standard InChI is InChI=1S/C11H18N4O3/c1-3-11(4-2,7-12)14-10(16)8-5-6-9(13-8)15(17)18/h5-6,13H,3-4,7,12H2,1-2H3,(H,14,16). The maximum atomic E-state index is 12.0. The Labute approximate surface area is 105 Å². The first-order chi connectivity index (χ1) is 8.48. The fourth-order valence-electron chi connectivity index (χ4n) is 1.70. The molecule has 1 amide bonds. The third-order valence-corrected chi connectivity index (χ3v) is 3.23. The molecular formula is C11H18N4O3. The van der Waals surface area contributed by atoms with Crippen molar-refractivity contribution < 1.29 is 9.72 Å². The van der Waals surface area contributed by atoms with Crippen LogP contribution in [-0.2, 0) is 0 Å². The van der Waals surface area contributed by atoms with Gasteiger partial charge in [-0.25, -0.2) is 4.98 Å². The first-order valence-electron chi connectivity index (χ1n) is 5.84. The average molecular weight is 254 g/mol. The molecule has 0 spiro atoms. The molecule has 4 N–H and O–H groups in total. The van der Waals surface area contributed by atoms with Gasteiger partial charge >= 0.3 is 5.82 Å². The fourth-order valence-corrected chi connectivity index (χ4v) is 1.70. The molecule has 7 heteroatoms. The molecule has 0 unspecified atom stereocenters. The molecule has 0 aliphatic rings. The van der Waals surface area contributed by atoms with Gasteiger partial charge in [-0.3, -0.25) is 4.79 Å². The molecule has 18 heavy (non-hydrogen) atoms. The molecule has 0 saturated carbocycles. The number of aromatic amines is 1. The Bertz CT molecular complexity index is 429. The molecule has 0 aliphatic carbocycles. The molecule has 0 bridgehead atoms. The summed E-state index contributed by atoms with van der Waals surface area (Å²) in [5.41, 5.74) is 5.38. The third kappa shape index (κ3) is 2.86. The van der Waals surface area contributed by atoms with Gasteiger partial charge in [0.15, 0.2) is 5.69 Å². The van der Waals surface area contributed by atoms with Crippen molar-refractivity contribution in [2.45, 2.75) is 32.2 Å². The van der Waals surface area contributed by atoms with E-state index in [4.69, 9.17) is 5.73 Å². The van der Waals surface area contributed by atoms with Crippen molar-refractivity contribution in [3.63, 3.8) is 0 Å². The van der Waals surface area contributed by atoms with Crippen molar-refractivity contribution in [1.29, 1.82) is 0 Å². The summed E-state index contributed by atoms with van der Waals surface area (Å²) in [5.74, 6) is -0.580. The zero-order valence-electron chi connectivity index (χ0n) is 10.5. The SMILES string of the molecule is CCC(CC)(CN)NC(=O)c1ccc([N+](=O)[O-])[nH]1. The summed E-state index contributed by atoms with van der Waals surface area (Å²) >= 11 is 0. The molecule has 1 heterocycles. The Kier molecular flexibility index (Phi) is 4.43. The van der Waals surface area contributed by atoms with Crippen LogP contribution in [0, 0.1) is 10.1 Å². The lowest BCUT2D eigenvalue weighted by Crippen LogP contribution is -2.52. The normalized spacial score (nSPS) is 11.3. The zero-order chi connectivity index (χ0) is 13.8. The van der Waals surface area contributed by atoms with E-state index in [2.05, 4.69) is 10.3 Å². The van der Waals surface area contributed by atoms with Crippen LogP contribution in [-0.4, -0.2) is 27.9 Å². The number of carbonyl (C=O) groups excluding carboxylic acids is 1. The smallest absolute Gasteiger partial charge is 0.321 e. The van der Waals surface area contributed by atoms with Crippen molar-refractivity contribution >= 4 is 11.7 Å². The van der Waals surface area contributed by atoms with Gasteiger partial charge in [0.25, 0.3) is 5.91 Å². The summed E-state index contributed by atoms with van der Waals surface area (Å²) in [6, 6.07) is 2.65. The maximum absolute atomic E-state index is 12.0. The quantitative estimate of drug-likeness (QED) is 0.522. The summed E-state index contributed by atoms with van der Waals surface area (Å²) in [5, 5.41) is 13.3. The average Bonchev–Trinajstić information content (AvgIpc) is 2.86. The van der Waals surface area contributed by atoms with E-state index in [0.29, 0.717) is 19.4 Å². The lowest BCUT2D eigenvalue weighted by Gasteiger charge is -2.30. The number of amides is 1. The van der Waals surface area contributed by atoms with Gasteiger partial charge in [-0.15, -0.1) is 0 Å². The molecule has 0 aliphatic heterocycles. The Morgan fingerprint density at radius 3 is 2.50 bits per heavy atom. The van der Waals surface area contributed by atoms with Crippen molar-refractivity contribution in [3.05, 3.63) is 27.9 Å². The molecule has 7 nitrogen and oxygen atoms in total. The number of nitrogens with two attached hydrogens (primary N) is 1. The third-order valence-electron chi connectivity index (χ3n) is 3.23. The van der Waals surface area contributed by atoms with Crippen LogP contribution in [0.1, 0.15) is 37.2 Å². The van der Waals surface area contributed by atoms with Crippen LogP contribution in [0.4, 0.5) is 5.82 Å². The van der Waals surface area contributed by atoms with Crippen molar-refractivity contribution in [3.8, 4) is 0 Å². The highest BCUT2D eigenvalue weighted by atomic mass is 16.6. The van der Waals surface area contributed by atoms with Gasteiger partial charge in [0, 0.05) is 12.6 Å². The highest BCUT2D eigenvalue weighted by Crippen LogP contribution is 2.15. The van der Waals surface area contributed by atoms with Gasteiger partial charge in [0.05, 0.1) is 5.54 Å². The second-order valence-electron chi connectivity index (χ2n) is 4.16. The molecular weight excluding hydrogens is 236 g/mol. The van der Waals surface area contributed by atoms with E-state index >= 15 is 0 Å². The number of hydrogen-bond acceptors (Lipinski definition) is 4. The Morgan fingerprint density at radius 2 is 2.11 bits per heavy atom. The van der Waals surface area contributed by atoms with E-state index in [1.165, 1.54) is 12.1 Å². The number of aromatic nitrogens is 1. The highest BCUT2D eigenvalue weighted by molar-refractivity contribution is 5.93. The number of nitrogens with one attached hydrogen (secondary N) is 2. The van der Waals surface area contributed by atoms with E-state index in [0.717, 1.165) is 0 Å². The van der Waals surface area contributed by atoms with Gasteiger partial charge < -0.3 is 21.2 Å². The number of H-pyrrole nitrogens is 1. The van der Waals surface area contributed by atoms with E-state index in [1.807, 2.05) is 13.8 Å². The predicted octanol–water partition coefficient (Wildman–Crippen LogP) is 1.17. The van der Waals surface area contributed by atoms with Crippen molar-refractivity contribution in [1.82, 2.24) is 10.3 Å². The number of nitrogens with zero attached hydrogens (tertiary/aromatic N) is 1. The molecule has 1 aromatic rings. The van der Waals surface area contributed by atoms with Gasteiger partial charge in [-0.2, -0.15) is 0 Å². The minimum atomic E-state index is -0.577. The molecule has 100 valence electrons. The monoisotopic (exact) mass is 254 g/mol. The number of carbonyl (C=O) groups is 1. The summed E-state index contributed by atoms with van der Waals surface area (Å²) in [4.78, 5) is 24.3. The minimum Gasteiger partial charge on any atom is -0.358 e. The highest BCUT2D eigenvalue weighted by Gasteiger charge is 2.28. The van der Waals surface area contributed by atoms with Crippen molar-refractivity contribution in [2.75, 3.05) is 6.54 Å². The number of nitro groups is 1. The van der Waals surface area contributed by atoms with Crippen molar-refractivity contribution in [2.24, 2.45) is 5.73 Å². The largest absolute Gasteiger partial charge is 0.358 e. The van der Waals surface area contributed by atoms with E-state index in [-0.39, 0.29) is 17.4 Å². The fraction of sp³-hybridized carbons (Fsp3) is 0.545. The number of rotatable bonds is 6. The van der Waals surface area contributed by atoms with E-state index in [1.54, 1.807) is 0 Å². The second-order valence-corrected chi connectivity index (χ2v) is 4.16. The predicted molar refractivity (Wildman–Crippen MR) is 67.3 cm³/mol. The summed E-state index contributed by atoms with van der Waals surface area (Å²) in [6.07, 6.45) is 1.41. The topological polar surface area (TPSA) is 114 Å². The maximum Gasteiger partial charge on any atom is 0.321 e. The zero-order valence-corrected chi connectivity index (χ0v) is 10.5. The second kappa shape index (κ2) is 5.63. The Hall–Kier alpha value is -1.89. The molecule has 0 radical (unpaired) electrons. The molecule has 1 rings (SSSR count). The molecule has 0 aromatic carbocycles. The van der Waals surface area contributed by atoms with Gasteiger partial charge in [0.2, 0.25) is 0 Å². The van der Waals surface area contributed by atoms with Crippen LogP contribution in [0.3, 0.4) is 0 Å². The number of hydrogen-bond donors (Lipinski definition) is 3. The van der Waals surface area contributed by atoms with Crippen LogP contribution in [0.5, 0.6) is 0 Å². The minimum absolute atomic E-state index is 0.168. The van der Waals surface area contributed by atoms with Crippen LogP contribution in [0.2, 0.25) is 0 Å². The van der Waals surface area contributed by atoms with E-state index in [9.17, 15) is 14.9 Å². The summed E-state index contributed by atoms with van der Waals surface area (Å²) in [6.45, 7) is 4.20. The lowest BCUT2D eigenvalue weighted by atomic mass is 9.93. The first-order valence-corrected chi connectivity index (χ1v) is 5.84. The molecule has 0 saturated heterocycles.